The predicted octanol–water partition coefficient (Wildman–Crippen LogP) is 12.2. The quantitative estimate of drug-likeness (QED) is 0.164. The molecule has 54 heavy (non-hydrogen) atoms. The van der Waals surface area contributed by atoms with Crippen molar-refractivity contribution in [2.75, 3.05) is 0 Å². The summed E-state index contributed by atoms with van der Waals surface area (Å²) in [6, 6.07) is 62.5. The number of benzene rings is 8. The van der Waals surface area contributed by atoms with Crippen molar-refractivity contribution in [1.29, 1.82) is 0 Å². The van der Waals surface area contributed by atoms with E-state index < -0.39 is 22.0 Å². The molecule has 0 saturated carbocycles. The maximum Gasteiger partial charge on any atom is 0.158 e. The van der Waals surface area contributed by atoms with E-state index in [1.54, 1.807) is 0 Å². The van der Waals surface area contributed by atoms with Gasteiger partial charge >= 0.3 is 0 Å². The molecule has 254 valence electrons. The highest BCUT2D eigenvalue weighted by atomic mass is 32.2. The zero-order valence-corrected chi connectivity index (χ0v) is 30.8. The number of aryl methyl sites for hydroxylation is 2. The van der Waals surface area contributed by atoms with Crippen LogP contribution in [-0.2, 0) is 22.0 Å². The Balaban J connectivity index is 1.08. The van der Waals surface area contributed by atoms with Crippen LogP contribution in [0.1, 0.15) is 55.6 Å². The van der Waals surface area contributed by atoms with Crippen LogP contribution in [0.4, 0.5) is 0 Å². The first-order chi connectivity index (χ1) is 26.5. The number of hydrogen-bond acceptors (Lipinski definition) is 1. The second kappa shape index (κ2) is 10.6. The van der Waals surface area contributed by atoms with Crippen molar-refractivity contribution >= 4 is 11.2 Å². The van der Waals surface area contributed by atoms with Gasteiger partial charge in [-0.3, -0.25) is 0 Å². The Labute approximate surface area is 318 Å². The van der Waals surface area contributed by atoms with Crippen LogP contribution >= 0.6 is 0 Å². The maximum absolute atomic E-state index is 15.2. The highest BCUT2D eigenvalue weighted by Gasteiger charge is 2.54. The fraction of sp³-hybridized carbons (Fsp3) is 0.0769. The molecule has 0 atom stereocenters. The Morgan fingerprint density at radius 1 is 0.315 bits per heavy atom. The summed E-state index contributed by atoms with van der Waals surface area (Å²) in [6.07, 6.45) is 0. The number of fused-ring (bicyclic) bond motifs is 20. The van der Waals surface area contributed by atoms with Gasteiger partial charge in [-0.2, -0.15) is 0 Å². The van der Waals surface area contributed by atoms with Crippen LogP contribution in [0.3, 0.4) is 0 Å². The van der Waals surface area contributed by atoms with E-state index in [0.29, 0.717) is 0 Å². The summed E-state index contributed by atoms with van der Waals surface area (Å²) in [5.74, 6) is 0. The third-order valence-electron chi connectivity index (χ3n) is 12.9. The van der Waals surface area contributed by atoms with Gasteiger partial charge < -0.3 is 4.55 Å². The van der Waals surface area contributed by atoms with Crippen LogP contribution in [0.2, 0.25) is 0 Å². The van der Waals surface area contributed by atoms with E-state index in [-0.39, 0.29) is 0 Å². The summed E-state index contributed by atoms with van der Waals surface area (Å²) < 4.78 is 15.2. The number of hydrogen-bond donors (Lipinski definition) is 0. The lowest BCUT2D eigenvalue weighted by Crippen LogP contribution is -2.26. The molecule has 8 aromatic rings. The van der Waals surface area contributed by atoms with Crippen molar-refractivity contribution in [3.63, 3.8) is 0 Å². The van der Waals surface area contributed by atoms with E-state index in [9.17, 15) is 0 Å². The van der Waals surface area contributed by atoms with Crippen molar-refractivity contribution < 1.29 is 4.55 Å². The largest absolute Gasteiger partial charge is 0.606 e. The van der Waals surface area contributed by atoms with Gasteiger partial charge in [0.25, 0.3) is 0 Å². The van der Waals surface area contributed by atoms with Gasteiger partial charge in [-0.15, -0.1) is 0 Å². The van der Waals surface area contributed by atoms with Crippen molar-refractivity contribution in [3.8, 4) is 44.5 Å². The second-order valence-electron chi connectivity index (χ2n) is 15.5. The Kier molecular flexibility index (Phi) is 5.99. The molecule has 0 heterocycles. The number of rotatable bonds is 2. The third-order valence-corrected chi connectivity index (χ3v) is 14.2. The molecule has 0 aromatic heterocycles. The molecule has 4 aliphatic rings. The standard InChI is InChI=1S/C52H34OS/c1-31-19-23-39-41-25-21-33(29-49(41)51(47(39)27-31)43-15-7-3-11-35(43)36-12-4-8-16-44(36)51)54(53)34-22-26-42-40-24-20-32(2)28-48(40)52(50(42)30-34)45-17-9-5-13-37(45)38-14-6-10-18-46(38)52/h3-30H,1-2H3. The van der Waals surface area contributed by atoms with Crippen LogP contribution in [0.15, 0.2) is 180 Å². The summed E-state index contributed by atoms with van der Waals surface area (Å²) in [6.45, 7) is 4.37. The molecule has 0 fully saturated rings. The van der Waals surface area contributed by atoms with Crippen molar-refractivity contribution in [2.24, 2.45) is 0 Å². The summed E-state index contributed by atoms with van der Waals surface area (Å²) in [5.41, 5.74) is 21.8. The van der Waals surface area contributed by atoms with Gasteiger partial charge in [0.15, 0.2) is 9.79 Å². The third kappa shape index (κ3) is 3.56. The minimum atomic E-state index is -1.44. The average Bonchev–Trinajstić information content (AvgIpc) is 3.88. The molecule has 2 spiro atoms. The van der Waals surface area contributed by atoms with E-state index in [2.05, 4.69) is 184 Å². The summed E-state index contributed by atoms with van der Waals surface area (Å²) in [7, 11) is 0. The zero-order chi connectivity index (χ0) is 35.9. The molecule has 8 aromatic carbocycles. The molecule has 0 aliphatic heterocycles. The van der Waals surface area contributed by atoms with Gasteiger partial charge in [-0.25, -0.2) is 0 Å². The minimum Gasteiger partial charge on any atom is -0.606 e. The Hall–Kier alpha value is -5.93. The molecule has 1 nitrogen and oxygen atoms in total. The van der Waals surface area contributed by atoms with Gasteiger partial charge in [-0.05, 0) is 139 Å². The molecule has 0 bridgehead atoms. The minimum absolute atomic E-state index is 0.483. The lowest BCUT2D eigenvalue weighted by Gasteiger charge is -2.31. The Morgan fingerprint density at radius 3 is 0.944 bits per heavy atom. The first-order valence-corrected chi connectivity index (χ1v) is 20.0. The molecule has 0 unspecified atom stereocenters. The van der Waals surface area contributed by atoms with Gasteiger partial charge in [-0.1, -0.05) is 145 Å². The normalized spacial score (nSPS) is 15.0. The first-order valence-electron chi connectivity index (χ1n) is 18.8. The van der Waals surface area contributed by atoms with Gasteiger partial charge in [0.05, 0.1) is 10.8 Å². The van der Waals surface area contributed by atoms with Crippen molar-refractivity contribution in [2.45, 2.75) is 34.5 Å². The van der Waals surface area contributed by atoms with Crippen LogP contribution in [0.25, 0.3) is 44.5 Å². The molecular weight excluding hydrogens is 673 g/mol. The fourth-order valence-electron chi connectivity index (χ4n) is 10.8. The smallest absolute Gasteiger partial charge is 0.158 e. The predicted molar refractivity (Wildman–Crippen MR) is 220 cm³/mol. The average molecular weight is 707 g/mol. The molecule has 4 aliphatic carbocycles. The van der Waals surface area contributed by atoms with Gasteiger partial charge in [0.2, 0.25) is 0 Å². The van der Waals surface area contributed by atoms with E-state index >= 15 is 4.55 Å². The fourth-order valence-corrected chi connectivity index (χ4v) is 11.9. The molecule has 0 amide bonds. The maximum atomic E-state index is 15.2. The van der Waals surface area contributed by atoms with Crippen LogP contribution in [0, 0.1) is 13.8 Å². The Bertz CT molecular complexity index is 2660. The van der Waals surface area contributed by atoms with Gasteiger partial charge in [0.1, 0.15) is 0 Å². The van der Waals surface area contributed by atoms with E-state index in [4.69, 9.17) is 0 Å². The molecule has 0 saturated heterocycles. The lowest BCUT2D eigenvalue weighted by atomic mass is 9.70. The highest BCUT2D eigenvalue weighted by molar-refractivity contribution is 7.91. The highest BCUT2D eigenvalue weighted by Crippen LogP contribution is 2.65. The second-order valence-corrected chi connectivity index (χ2v) is 16.9. The van der Waals surface area contributed by atoms with E-state index in [1.807, 2.05) is 0 Å². The molecule has 2 heteroatoms. The van der Waals surface area contributed by atoms with Gasteiger partial charge in [0, 0.05) is 11.2 Å². The Morgan fingerprint density at radius 2 is 0.593 bits per heavy atom. The molecule has 0 radical (unpaired) electrons. The van der Waals surface area contributed by atoms with Crippen LogP contribution in [-0.4, -0.2) is 4.55 Å². The van der Waals surface area contributed by atoms with Crippen molar-refractivity contribution in [3.05, 3.63) is 225 Å². The topological polar surface area (TPSA) is 23.1 Å². The van der Waals surface area contributed by atoms with Crippen LogP contribution in [0.5, 0.6) is 0 Å². The SMILES string of the molecule is Cc1ccc2c(c1)C1(c3ccccc3-c3ccccc31)c1cc([S+]([O-])c3ccc4c(c3)C3(c5ccccc5-c5ccccc53)c3cc(C)ccc3-4)ccc1-2. The monoisotopic (exact) mass is 706 g/mol. The van der Waals surface area contributed by atoms with E-state index in [1.165, 1.54) is 100 Å². The summed E-state index contributed by atoms with van der Waals surface area (Å²) >= 11 is -1.44. The zero-order valence-electron chi connectivity index (χ0n) is 30.0. The first kappa shape index (κ1) is 30.5. The molecule has 0 N–H and O–H groups in total. The molecular formula is C52H34OS. The van der Waals surface area contributed by atoms with Crippen molar-refractivity contribution in [1.82, 2.24) is 0 Å². The molecule has 12 rings (SSSR count). The van der Waals surface area contributed by atoms with Crippen LogP contribution < -0.4 is 0 Å². The lowest BCUT2D eigenvalue weighted by molar-refractivity contribution is 0.594. The van der Waals surface area contributed by atoms with E-state index in [0.717, 1.165) is 9.79 Å². The summed E-state index contributed by atoms with van der Waals surface area (Å²) in [4.78, 5) is 1.65. The summed E-state index contributed by atoms with van der Waals surface area (Å²) in [5, 5.41) is 0.